The van der Waals surface area contributed by atoms with Crippen molar-refractivity contribution < 1.29 is 0 Å². The van der Waals surface area contributed by atoms with Crippen molar-refractivity contribution in [2.24, 2.45) is 0 Å². The molecule has 1 fully saturated rings. The van der Waals surface area contributed by atoms with Crippen molar-refractivity contribution in [3.8, 4) is 0 Å². The standard InChI is InChI=1S/C18H23ClN4/c1-15-14-17(20-21-18(15)19)23-12-10-22(11-13-23)9-5-8-16-6-3-2-4-7-16/h2-4,6-7,14H,5,8-13H2,1H3. The van der Waals surface area contributed by atoms with Gasteiger partial charge in [0.1, 0.15) is 0 Å². The average Bonchev–Trinajstić information content (AvgIpc) is 2.59. The van der Waals surface area contributed by atoms with Gasteiger partial charge in [0.25, 0.3) is 0 Å². The summed E-state index contributed by atoms with van der Waals surface area (Å²) in [6, 6.07) is 12.7. The van der Waals surface area contributed by atoms with Gasteiger partial charge in [-0.05, 0) is 43.5 Å². The highest BCUT2D eigenvalue weighted by Gasteiger charge is 2.18. The molecule has 1 aliphatic heterocycles. The molecule has 3 rings (SSSR count). The molecule has 122 valence electrons. The zero-order chi connectivity index (χ0) is 16.1. The van der Waals surface area contributed by atoms with Crippen LogP contribution in [-0.4, -0.2) is 47.8 Å². The Kier molecular flexibility index (Phi) is 5.47. The quantitative estimate of drug-likeness (QED) is 0.842. The zero-order valence-corrected chi connectivity index (χ0v) is 14.3. The molecule has 23 heavy (non-hydrogen) atoms. The fourth-order valence-corrected chi connectivity index (χ4v) is 3.05. The Labute approximate surface area is 143 Å². The SMILES string of the molecule is Cc1cc(N2CCN(CCCc3ccccc3)CC2)nnc1Cl. The van der Waals surface area contributed by atoms with Crippen molar-refractivity contribution in [2.75, 3.05) is 37.6 Å². The topological polar surface area (TPSA) is 32.3 Å². The van der Waals surface area contributed by atoms with Crippen molar-refractivity contribution in [1.29, 1.82) is 0 Å². The summed E-state index contributed by atoms with van der Waals surface area (Å²) in [6.45, 7) is 7.30. The monoisotopic (exact) mass is 330 g/mol. The third-order valence-electron chi connectivity index (χ3n) is 4.39. The Balaban J connectivity index is 1.44. The Bertz CT molecular complexity index is 624. The number of hydrogen-bond donors (Lipinski definition) is 0. The number of benzene rings is 1. The van der Waals surface area contributed by atoms with Crippen molar-refractivity contribution in [3.63, 3.8) is 0 Å². The molecule has 0 saturated carbocycles. The number of hydrogen-bond acceptors (Lipinski definition) is 4. The molecule has 0 radical (unpaired) electrons. The van der Waals surface area contributed by atoms with Crippen molar-refractivity contribution in [3.05, 3.63) is 52.7 Å². The van der Waals surface area contributed by atoms with Gasteiger partial charge in [-0.3, -0.25) is 4.90 Å². The molecule has 1 aromatic heterocycles. The number of piperazine rings is 1. The zero-order valence-electron chi connectivity index (χ0n) is 13.6. The smallest absolute Gasteiger partial charge is 0.154 e. The Morgan fingerprint density at radius 1 is 1.04 bits per heavy atom. The minimum atomic E-state index is 0.494. The van der Waals surface area contributed by atoms with E-state index in [1.807, 2.05) is 13.0 Å². The third-order valence-corrected chi connectivity index (χ3v) is 4.76. The van der Waals surface area contributed by atoms with E-state index in [0.717, 1.165) is 50.5 Å². The summed E-state index contributed by atoms with van der Waals surface area (Å²) in [5.41, 5.74) is 2.42. The summed E-state index contributed by atoms with van der Waals surface area (Å²) in [4.78, 5) is 4.83. The molecule has 4 nitrogen and oxygen atoms in total. The number of rotatable bonds is 5. The van der Waals surface area contributed by atoms with Crippen LogP contribution in [-0.2, 0) is 6.42 Å². The highest BCUT2D eigenvalue weighted by molar-refractivity contribution is 6.30. The van der Waals surface area contributed by atoms with Crippen LogP contribution < -0.4 is 4.90 Å². The van der Waals surface area contributed by atoms with Gasteiger partial charge in [0.05, 0.1) is 0 Å². The summed E-state index contributed by atoms with van der Waals surface area (Å²) in [6.07, 6.45) is 2.37. The first-order valence-electron chi connectivity index (χ1n) is 8.23. The summed E-state index contributed by atoms with van der Waals surface area (Å²) in [5.74, 6) is 0.941. The number of anilines is 1. The van der Waals surface area contributed by atoms with E-state index in [4.69, 9.17) is 11.6 Å². The van der Waals surface area contributed by atoms with Crippen molar-refractivity contribution in [1.82, 2.24) is 15.1 Å². The first kappa shape index (κ1) is 16.2. The minimum absolute atomic E-state index is 0.494. The van der Waals surface area contributed by atoms with E-state index in [9.17, 15) is 0 Å². The molecule has 1 saturated heterocycles. The van der Waals surface area contributed by atoms with E-state index in [0.29, 0.717) is 5.15 Å². The largest absolute Gasteiger partial charge is 0.353 e. The molecule has 1 aromatic carbocycles. The molecule has 0 atom stereocenters. The molecule has 0 bridgehead atoms. The molecule has 0 spiro atoms. The fraction of sp³-hybridized carbons (Fsp3) is 0.444. The van der Waals surface area contributed by atoms with Gasteiger partial charge >= 0.3 is 0 Å². The van der Waals surface area contributed by atoms with E-state index in [-0.39, 0.29) is 0 Å². The summed E-state index contributed by atoms with van der Waals surface area (Å²) in [7, 11) is 0. The van der Waals surface area contributed by atoms with Gasteiger partial charge in [0.2, 0.25) is 0 Å². The molecule has 0 amide bonds. The number of aryl methyl sites for hydroxylation is 2. The highest BCUT2D eigenvalue weighted by Crippen LogP contribution is 2.18. The third kappa shape index (κ3) is 4.43. The molecule has 2 aromatic rings. The summed E-state index contributed by atoms with van der Waals surface area (Å²) in [5, 5.41) is 8.73. The molecule has 2 heterocycles. The normalized spacial score (nSPS) is 15.8. The van der Waals surface area contributed by atoms with Crippen molar-refractivity contribution in [2.45, 2.75) is 19.8 Å². The van der Waals surface area contributed by atoms with Crippen LogP contribution >= 0.6 is 11.6 Å². The van der Waals surface area contributed by atoms with Crippen LogP contribution in [0.25, 0.3) is 0 Å². The Morgan fingerprint density at radius 2 is 1.78 bits per heavy atom. The van der Waals surface area contributed by atoms with Crippen LogP contribution in [0, 0.1) is 6.92 Å². The number of nitrogens with zero attached hydrogens (tertiary/aromatic N) is 4. The number of aromatic nitrogens is 2. The molecule has 0 N–H and O–H groups in total. The lowest BCUT2D eigenvalue weighted by Gasteiger charge is -2.35. The first-order chi connectivity index (χ1) is 11.2. The van der Waals surface area contributed by atoms with Crippen LogP contribution in [0.3, 0.4) is 0 Å². The van der Waals surface area contributed by atoms with Crippen LogP contribution in [0.15, 0.2) is 36.4 Å². The van der Waals surface area contributed by atoms with Gasteiger partial charge in [-0.2, -0.15) is 0 Å². The lowest BCUT2D eigenvalue weighted by molar-refractivity contribution is 0.254. The van der Waals surface area contributed by atoms with Gasteiger partial charge in [0, 0.05) is 26.2 Å². The predicted octanol–water partition coefficient (Wildman–Crippen LogP) is 3.19. The second kappa shape index (κ2) is 7.75. The van der Waals surface area contributed by atoms with Gasteiger partial charge < -0.3 is 4.90 Å². The highest BCUT2D eigenvalue weighted by atomic mass is 35.5. The molecule has 5 heteroatoms. The summed E-state index contributed by atoms with van der Waals surface area (Å²) >= 11 is 5.95. The van der Waals surface area contributed by atoms with Gasteiger partial charge in [0.15, 0.2) is 11.0 Å². The molecule has 0 aliphatic carbocycles. The van der Waals surface area contributed by atoms with Crippen LogP contribution in [0.4, 0.5) is 5.82 Å². The average molecular weight is 331 g/mol. The van der Waals surface area contributed by atoms with E-state index >= 15 is 0 Å². The fourth-order valence-electron chi connectivity index (χ4n) is 2.96. The first-order valence-corrected chi connectivity index (χ1v) is 8.61. The van der Waals surface area contributed by atoms with Crippen LogP contribution in [0.5, 0.6) is 0 Å². The van der Waals surface area contributed by atoms with Crippen LogP contribution in [0.2, 0.25) is 5.15 Å². The molecular formula is C18H23ClN4. The second-order valence-electron chi connectivity index (χ2n) is 6.09. The predicted molar refractivity (Wildman–Crippen MR) is 95.2 cm³/mol. The lowest BCUT2D eigenvalue weighted by Crippen LogP contribution is -2.47. The molecule has 0 unspecified atom stereocenters. The maximum Gasteiger partial charge on any atom is 0.154 e. The van der Waals surface area contributed by atoms with E-state index in [1.165, 1.54) is 12.0 Å². The molecule has 1 aliphatic rings. The number of halogens is 1. The van der Waals surface area contributed by atoms with Crippen LogP contribution in [0.1, 0.15) is 17.5 Å². The maximum atomic E-state index is 5.95. The minimum Gasteiger partial charge on any atom is -0.353 e. The summed E-state index contributed by atoms with van der Waals surface area (Å²) < 4.78 is 0. The van der Waals surface area contributed by atoms with E-state index < -0.39 is 0 Å². The maximum absolute atomic E-state index is 5.95. The van der Waals surface area contributed by atoms with Crippen molar-refractivity contribution >= 4 is 17.4 Å². The van der Waals surface area contributed by atoms with Gasteiger partial charge in [-0.25, -0.2) is 0 Å². The lowest BCUT2D eigenvalue weighted by atomic mass is 10.1. The Morgan fingerprint density at radius 3 is 2.48 bits per heavy atom. The van der Waals surface area contributed by atoms with E-state index in [1.54, 1.807) is 0 Å². The van der Waals surface area contributed by atoms with Gasteiger partial charge in [-0.1, -0.05) is 41.9 Å². The van der Waals surface area contributed by atoms with Gasteiger partial charge in [-0.15, -0.1) is 10.2 Å². The van der Waals surface area contributed by atoms with E-state index in [2.05, 4.69) is 50.3 Å². The molecular weight excluding hydrogens is 308 g/mol. The second-order valence-corrected chi connectivity index (χ2v) is 6.45. The Hall–Kier alpha value is -1.65.